The molecule has 2 rings (SSSR count). The molecule has 142 valence electrons. The molecule has 0 bridgehead atoms. The van der Waals surface area contributed by atoms with Gasteiger partial charge in [-0.15, -0.1) is 11.3 Å². The minimum atomic E-state index is -3.69. The minimum Gasteiger partial charge on any atom is -0.350 e. The zero-order valence-corrected chi connectivity index (χ0v) is 17.7. The van der Waals surface area contributed by atoms with E-state index >= 15 is 0 Å². The first-order chi connectivity index (χ1) is 12.3. The van der Waals surface area contributed by atoms with Crippen LogP contribution in [-0.2, 0) is 27.9 Å². The number of pyridine rings is 1. The Hall–Kier alpha value is -1.49. The van der Waals surface area contributed by atoms with Crippen LogP contribution in [0.1, 0.15) is 18.7 Å². The van der Waals surface area contributed by atoms with Crippen molar-refractivity contribution >= 4 is 43.2 Å². The van der Waals surface area contributed by atoms with E-state index in [1.807, 2.05) is 11.4 Å². The summed E-state index contributed by atoms with van der Waals surface area (Å²) in [5.74, 6) is -0.367. The molecule has 0 spiro atoms. The number of sulfonamides is 1. The standard InChI is InChI=1S/C16H20BrN3O4S2/c1-3-20(4-2)26(23,24)14-5-6-16(22)19(9-14)10-15(21)18-8-13-7-12(17)11-25-13/h5-7,9,11H,3-4,8,10H2,1-2H3,(H,18,21). The van der Waals surface area contributed by atoms with Crippen molar-refractivity contribution in [3.05, 3.63) is 49.5 Å². The second kappa shape index (κ2) is 8.94. The van der Waals surface area contributed by atoms with E-state index in [1.54, 1.807) is 13.8 Å². The molecule has 1 amide bonds. The summed E-state index contributed by atoms with van der Waals surface area (Å²) in [5, 5.41) is 4.63. The van der Waals surface area contributed by atoms with E-state index < -0.39 is 15.6 Å². The van der Waals surface area contributed by atoms with Crippen molar-refractivity contribution in [2.24, 2.45) is 0 Å². The number of carbonyl (C=O) groups excluding carboxylic acids is 1. The Labute approximate surface area is 164 Å². The van der Waals surface area contributed by atoms with Crippen LogP contribution in [0.4, 0.5) is 0 Å². The molecule has 0 aliphatic heterocycles. The Bertz CT molecular complexity index is 933. The van der Waals surface area contributed by atoms with Gasteiger partial charge in [-0.05, 0) is 28.1 Å². The summed E-state index contributed by atoms with van der Waals surface area (Å²) in [6.45, 7) is 4.25. The number of hydrogen-bond acceptors (Lipinski definition) is 5. The highest BCUT2D eigenvalue weighted by molar-refractivity contribution is 9.10. The van der Waals surface area contributed by atoms with Gasteiger partial charge in [0.2, 0.25) is 15.9 Å². The van der Waals surface area contributed by atoms with Crippen molar-refractivity contribution < 1.29 is 13.2 Å². The first-order valence-corrected chi connectivity index (χ1v) is 11.1. The third-order valence-corrected chi connectivity index (χ3v) is 7.43. The number of amides is 1. The number of carbonyl (C=O) groups is 1. The molecule has 2 aromatic rings. The first kappa shape index (κ1) is 20.8. The third kappa shape index (κ3) is 5.03. The normalized spacial score (nSPS) is 11.7. The van der Waals surface area contributed by atoms with Crippen molar-refractivity contribution in [2.75, 3.05) is 13.1 Å². The van der Waals surface area contributed by atoms with Crippen LogP contribution in [0.3, 0.4) is 0 Å². The molecule has 0 saturated heterocycles. The maximum absolute atomic E-state index is 12.6. The highest BCUT2D eigenvalue weighted by Crippen LogP contribution is 2.19. The molecule has 26 heavy (non-hydrogen) atoms. The predicted molar refractivity (Wildman–Crippen MR) is 105 cm³/mol. The van der Waals surface area contributed by atoms with Crippen molar-refractivity contribution in [3.8, 4) is 0 Å². The maximum atomic E-state index is 12.6. The number of aromatic nitrogens is 1. The Morgan fingerprint density at radius 2 is 2.00 bits per heavy atom. The van der Waals surface area contributed by atoms with E-state index in [-0.39, 0.29) is 17.3 Å². The van der Waals surface area contributed by atoms with E-state index in [0.717, 1.165) is 13.9 Å². The van der Waals surface area contributed by atoms with Crippen LogP contribution in [0.2, 0.25) is 0 Å². The molecule has 0 fully saturated rings. The number of nitrogens with one attached hydrogen (secondary N) is 1. The van der Waals surface area contributed by atoms with Crippen LogP contribution < -0.4 is 10.9 Å². The molecule has 0 saturated carbocycles. The topological polar surface area (TPSA) is 88.5 Å². The Balaban J connectivity index is 2.14. The van der Waals surface area contributed by atoms with E-state index in [2.05, 4.69) is 21.2 Å². The lowest BCUT2D eigenvalue weighted by Crippen LogP contribution is -2.34. The molecule has 0 aliphatic carbocycles. The average Bonchev–Trinajstić information content (AvgIpc) is 3.01. The van der Waals surface area contributed by atoms with Crippen LogP contribution in [0.5, 0.6) is 0 Å². The van der Waals surface area contributed by atoms with Crippen LogP contribution in [0.15, 0.2) is 43.9 Å². The van der Waals surface area contributed by atoms with Gasteiger partial charge in [0.1, 0.15) is 6.54 Å². The highest BCUT2D eigenvalue weighted by Gasteiger charge is 2.22. The van der Waals surface area contributed by atoms with Gasteiger partial charge in [-0.1, -0.05) is 13.8 Å². The number of halogens is 1. The van der Waals surface area contributed by atoms with E-state index in [4.69, 9.17) is 0 Å². The molecule has 2 heterocycles. The van der Waals surface area contributed by atoms with Crippen molar-refractivity contribution in [2.45, 2.75) is 31.8 Å². The Morgan fingerprint density at radius 3 is 2.58 bits per heavy atom. The summed E-state index contributed by atoms with van der Waals surface area (Å²) in [6, 6.07) is 4.34. The molecule has 1 N–H and O–H groups in total. The fourth-order valence-electron chi connectivity index (χ4n) is 2.34. The number of hydrogen-bond donors (Lipinski definition) is 1. The smallest absolute Gasteiger partial charge is 0.251 e. The van der Waals surface area contributed by atoms with E-state index in [0.29, 0.717) is 19.6 Å². The van der Waals surface area contributed by atoms with Gasteiger partial charge in [-0.2, -0.15) is 4.31 Å². The Kier molecular flexibility index (Phi) is 7.16. The molecule has 0 aliphatic rings. The second-order valence-electron chi connectivity index (χ2n) is 5.43. The molecule has 0 aromatic carbocycles. The first-order valence-electron chi connectivity index (χ1n) is 7.98. The molecule has 10 heteroatoms. The van der Waals surface area contributed by atoms with Gasteiger partial charge in [-0.25, -0.2) is 8.42 Å². The van der Waals surface area contributed by atoms with Crippen LogP contribution in [-0.4, -0.2) is 36.3 Å². The minimum absolute atomic E-state index is 0.00390. The fourth-order valence-corrected chi connectivity index (χ4v) is 5.21. The molecule has 2 aromatic heterocycles. The molecule has 0 unspecified atom stereocenters. The van der Waals surface area contributed by atoms with Crippen molar-refractivity contribution in [3.63, 3.8) is 0 Å². The van der Waals surface area contributed by atoms with Crippen LogP contribution >= 0.6 is 27.3 Å². The van der Waals surface area contributed by atoms with Gasteiger partial charge in [0.25, 0.3) is 5.56 Å². The number of nitrogens with zero attached hydrogens (tertiary/aromatic N) is 2. The molecule has 0 atom stereocenters. The van der Waals surface area contributed by atoms with Crippen molar-refractivity contribution in [1.82, 2.24) is 14.2 Å². The third-order valence-electron chi connectivity index (χ3n) is 3.70. The lowest BCUT2D eigenvalue weighted by molar-refractivity contribution is -0.121. The van der Waals surface area contributed by atoms with Crippen LogP contribution in [0.25, 0.3) is 0 Å². The van der Waals surface area contributed by atoms with E-state index in [1.165, 1.54) is 34.0 Å². The Morgan fingerprint density at radius 1 is 1.31 bits per heavy atom. The molecule has 0 radical (unpaired) electrons. The van der Waals surface area contributed by atoms with Gasteiger partial charge in [0.15, 0.2) is 0 Å². The summed E-state index contributed by atoms with van der Waals surface area (Å²) < 4.78 is 28.5. The van der Waals surface area contributed by atoms with Gasteiger partial charge in [0, 0.05) is 40.1 Å². The summed E-state index contributed by atoms with van der Waals surface area (Å²) in [6.07, 6.45) is 1.22. The second-order valence-corrected chi connectivity index (χ2v) is 9.28. The van der Waals surface area contributed by atoms with Gasteiger partial charge in [-0.3, -0.25) is 9.59 Å². The summed E-state index contributed by atoms with van der Waals surface area (Å²) in [7, 11) is -3.69. The summed E-state index contributed by atoms with van der Waals surface area (Å²) >= 11 is 4.84. The van der Waals surface area contributed by atoms with E-state index in [9.17, 15) is 18.0 Å². The zero-order valence-electron chi connectivity index (χ0n) is 14.4. The fraction of sp³-hybridized carbons (Fsp3) is 0.375. The largest absolute Gasteiger partial charge is 0.350 e. The number of rotatable bonds is 8. The molecular weight excluding hydrogens is 442 g/mol. The van der Waals surface area contributed by atoms with Gasteiger partial charge >= 0.3 is 0 Å². The lowest BCUT2D eigenvalue weighted by atomic mass is 10.4. The lowest BCUT2D eigenvalue weighted by Gasteiger charge is -2.19. The maximum Gasteiger partial charge on any atom is 0.251 e. The van der Waals surface area contributed by atoms with Gasteiger partial charge in [0.05, 0.1) is 11.4 Å². The summed E-state index contributed by atoms with van der Waals surface area (Å²) in [4.78, 5) is 25.1. The highest BCUT2D eigenvalue weighted by atomic mass is 79.9. The summed E-state index contributed by atoms with van der Waals surface area (Å²) in [5.41, 5.74) is -0.433. The monoisotopic (exact) mass is 461 g/mol. The quantitative estimate of drug-likeness (QED) is 0.650. The van der Waals surface area contributed by atoms with Gasteiger partial charge < -0.3 is 9.88 Å². The average molecular weight is 462 g/mol. The zero-order chi connectivity index (χ0) is 19.3. The molecular formula is C16H20BrN3O4S2. The van der Waals surface area contributed by atoms with Crippen LogP contribution in [0, 0.1) is 0 Å². The number of thiophene rings is 1. The molecule has 7 nitrogen and oxygen atoms in total. The predicted octanol–water partition coefficient (Wildman–Crippen LogP) is 2.02. The SMILES string of the molecule is CCN(CC)S(=O)(=O)c1ccc(=O)n(CC(=O)NCc2cc(Br)cs2)c1. The van der Waals surface area contributed by atoms with Crippen molar-refractivity contribution in [1.29, 1.82) is 0 Å².